The van der Waals surface area contributed by atoms with Crippen molar-refractivity contribution in [2.45, 2.75) is 6.92 Å². The number of thioether (sulfide) groups is 1. The van der Waals surface area contributed by atoms with Crippen molar-refractivity contribution < 1.29 is 9.90 Å². The Morgan fingerprint density at radius 1 is 1.47 bits per heavy atom. The van der Waals surface area contributed by atoms with Crippen molar-refractivity contribution in [1.82, 2.24) is 4.98 Å². The molecular weight excluding hydrogens is 232 g/mol. The van der Waals surface area contributed by atoms with Gasteiger partial charge in [0.2, 0.25) is 0 Å². The van der Waals surface area contributed by atoms with Crippen LogP contribution in [-0.2, 0) is 0 Å². The van der Waals surface area contributed by atoms with Crippen LogP contribution in [-0.4, -0.2) is 40.7 Å². The van der Waals surface area contributed by atoms with Crippen LogP contribution in [0.2, 0.25) is 0 Å². The lowest BCUT2D eigenvalue weighted by Gasteiger charge is -2.25. The first-order valence-corrected chi connectivity index (χ1v) is 6.69. The van der Waals surface area contributed by atoms with E-state index in [2.05, 4.69) is 9.88 Å². The largest absolute Gasteiger partial charge is 0.477 e. The average molecular weight is 244 g/mol. The third-order valence-electron chi connectivity index (χ3n) is 2.26. The van der Waals surface area contributed by atoms with Gasteiger partial charge in [-0.15, -0.1) is 0 Å². The Kier molecular flexibility index (Phi) is 3.16. The average Bonchev–Trinajstić information content (AvgIpc) is 2.62. The number of thiazole rings is 1. The van der Waals surface area contributed by atoms with Crippen LogP contribution in [0.1, 0.15) is 15.4 Å². The van der Waals surface area contributed by atoms with Crippen LogP contribution in [0.3, 0.4) is 0 Å². The van der Waals surface area contributed by atoms with Gasteiger partial charge in [0.05, 0.1) is 5.69 Å². The number of aryl methyl sites for hydroxylation is 1. The number of carbonyl (C=O) groups is 1. The van der Waals surface area contributed by atoms with Gasteiger partial charge in [-0.3, -0.25) is 0 Å². The third-order valence-corrected chi connectivity index (χ3v) is 4.41. The lowest BCUT2D eigenvalue weighted by atomic mass is 10.4. The molecule has 0 aromatic carbocycles. The molecule has 1 aliphatic heterocycles. The highest BCUT2D eigenvalue weighted by Crippen LogP contribution is 2.27. The van der Waals surface area contributed by atoms with Crippen molar-refractivity contribution in [1.29, 1.82) is 0 Å². The fraction of sp³-hybridized carbons (Fsp3) is 0.556. The summed E-state index contributed by atoms with van der Waals surface area (Å²) in [7, 11) is 0. The molecule has 0 spiro atoms. The second-order valence-electron chi connectivity index (χ2n) is 3.32. The van der Waals surface area contributed by atoms with Crippen molar-refractivity contribution in [2.75, 3.05) is 29.5 Å². The van der Waals surface area contributed by atoms with Crippen LogP contribution in [0.4, 0.5) is 5.13 Å². The van der Waals surface area contributed by atoms with Crippen LogP contribution in [0.25, 0.3) is 0 Å². The Morgan fingerprint density at radius 2 is 2.13 bits per heavy atom. The van der Waals surface area contributed by atoms with Crippen molar-refractivity contribution in [3.63, 3.8) is 0 Å². The molecule has 1 aliphatic rings. The third kappa shape index (κ3) is 2.26. The summed E-state index contributed by atoms with van der Waals surface area (Å²) >= 11 is 3.21. The molecule has 0 bridgehead atoms. The minimum Gasteiger partial charge on any atom is -0.477 e. The number of aromatic nitrogens is 1. The van der Waals surface area contributed by atoms with Gasteiger partial charge in [0.15, 0.2) is 5.13 Å². The van der Waals surface area contributed by atoms with Crippen LogP contribution in [0.5, 0.6) is 0 Å². The molecule has 2 heterocycles. The van der Waals surface area contributed by atoms with E-state index in [4.69, 9.17) is 5.11 Å². The van der Waals surface area contributed by atoms with E-state index in [0.29, 0.717) is 10.6 Å². The van der Waals surface area contributed by atoms with E-state index >= 15 is 0 Å². The number of rotatable bonds is 2. The lowest BCUT2D eigenvalue weighted by Crippen LogP contribution is -2.32. The highest BCUT2D eigenvalue weighted by atomic mass is 32.2. The molecule has 0 unspecified atom stereocenters. The van der Waals surface area contributed by atoms with Gasteiger partial charge in [0.25, 0.3) is 0 Å². The van der Waals surface area contributed by atoms with Gasteiger partial charge in [0.1, 0.15) is 4.88 Å². The molecule has 0 aliphatic carbocycles. The van der Waals surface area contributed by atoms with E-state index in [0.717, 1.165) is 29.7 Å². The number of carboxylic acids is 1. The van der Waals surface area contributed by atoms with Crippen molar-refractivity contribution in [3.05, 3.63) is 10.6 Å². The molecule has 0 saturated carbocycles. The molecule has 1 N–H and O–H groups in total. The zero-order valence-electron chi connectivity index (χ0n) is 8.39. The van der Waals surface area contributed by atoms with Gasteiger partial charge in [-0.25, -0.2) is 9.78 Å². The number of carboxylic acid groups (broad SMARTS) is 1. The minimum atomic E-state index is -0.873. The zero-order chi connectivity index (χ0) is 10.8. The van der Waals surface area contributed by atoms with Gasteiger partial charge in [-0.05, 0) is 6.92 Å². The molecule has 2 rings (SSSR count). The van der Waals surface area contributed by atoms with E-state index in [1.807, 2.05) is 11.8 Å². The molecule has 1 aromatic heterocycles. The van der Waals surface area contributed by atoms with Gasteiger partial charge in [0, 0.05) is 24.6 Å². The smallest absolute Gasteiger partial charge is 0.347 e. The maximum Gasteiger partial charge on any atom is 0.347 e. The maximum atomic E-state index is 10.9. The number of hydrogen-bond acceptors (Lipinski definition) is 5. The van der Waals surface area contributed by atoms with E-state index in [-0.39, 0.29) is 0 Å². The van der Waals surface area contributed by atoms with Crippen molar-refractivity contribution >= 4 is 34.2 Å². The zero-order valence-corrected chi connectivity index (χ0v) is 10.0. The fourth-order valence-electron chi connectivity index (χ4n) is 1.47. The van der Waals surface area contributed by atoms with Gasteiger partial charge in [-0.2, -0.15) is 11.8 Å². The molecule has 82 valence electrons. The summed E-state index contributed by atoms with van der Waals surface area (Å²) in [5.41, 5.74) is 0.626. The maximum absolute atomic E-state index is 10.9. The van der Waals surface area contributed by atoms with Crippen molar-refractivity contribution in [2.24, 2.45) is 0 Å². The normalized spacial score (nSPS) is 16.7. The number of anilines is 1. The molecule has 0 radical (unpaired) electrons. The summed E-state index contributed by atoms with van der Waals surface area (Å²) in [5.74, 6) is 1.32. The van der Waals surface area contributed by atoms with E-state index in [1.165, 1.54) is 11.3 Å². The monoisotopic (exact) mass is 244 g/mol. The summed E-state index contributed by atoms with van der Waals surface area (Å²) in [4.78, 5) is 17.7. The first-order valence-electron chi connectivity index (χ1n) is 4.72. The number of aromatic carboxylic acids is 1. The number of hydrogen-bond donors (Lipinski definition) is 1. The summed E-state index contributed by atoms with van der Waals surface area (Å²) in [6.07, 6.45) is 0. The summed E-state index contributed by atoms with van der Waals surface area (Å²) in [5, 5.41) is 9.78. The topological polar surface area (TPSA) is 53.4 Å². The van der Waals surface area contributed by atoms with Crippen LogP contribution < -0.4 is 4.90 Å². The highest BCUT2D eigenvalue weighted by Gasteiger charge is 2.19. The molecule has 15 heavy (non-hydrogen) atoms. The molecule has 1 fully saturated rings. The number of nitrogens with zero attached hydrogens (tertiary/aromatic N) is 2. The fourth-order valence-corrected chi connectivity index (χ4v) is 3.33. The predicted octanol–water partition coefficient (Wildman–Crippen LogP) is 1.70. The minimum absolute atomic E-state index is 0.364. The van der Waals surface area contributed by atoms with E-state index in [1.54, 1.807) is 6.92 Å². The van der Waals surface area contributed by atoms with Gasteiger partial charge < -0.3 is 10.0 Å². The van der Waals surface area contributed by atoms with E-state index < -0.39 is 5.97 Å². The first kappa shape index (κ1) is 10.8. The van der Waals surface area contributed by atoms with Gasteiger partial charge in [-0.1, -0.05) is 11.3 Å². The Hall–Kier alpha value is -0.750. The van der Waals surface area contributed by atoms with Crippen LogP contribution in [0.15, 0.2) is 0 Å². The highest BCUT2D eigenvalue weighted by molar-refractivity contribution is 7.99. The molecule has 1 aromatic rings. The molecular formula is C9H12N2O2S2. The summed E-state index contributed by atoms with van der Waals surface area (Å²) < 4.78 is 0. The SMILES string of the molecule is Cc1nc(N2CCSCC2)sc1C(=O)O. The van der Waals surface area contributed by atoms with Crippen LogP contribution >= 0.6 is 23.1 Å². The van der Waals surface area contributed by atoms with Crippen LogP contribution in [0, 0.1) is 6.92 Å². The standard InChI is InChI=1S/C9H12N2O2S2/c1-6-7(8(12)13)15-9(10-6)11-2-4-14-5-3-11/h2-5H2,1H3,(H,12,13). The summed E-state index contributed by atoms with van der Waals surface area (Å²) in [6.45, 7) is 3.69. The Bertz CT molecular complexity index is 372. The molecule has 0 atom stereocenters. The molecule has 4 nitrogen and oxygen atoms in total. The predicted molar refractivity (Wildman–Crippen MR) is 63.3 cm³/mol. The first-order chi connectivity index (χ1) is 7.18. The second kappa shape index (κ2) is 4.40. The molecule has 0 amide bonds. The Labute approximate surface area is 96.3 Å². The molecule has 1 saturated heterocycles. The lowest BCUT2D eigenvalue weighted by molar-refractivity contribution is 0.0701. The molecule has 6 heteroatoms. The van der Waals surface area contributed by atoms with E-state index in [9.17, 15) is 4.79 Å². The van der Waals surface area contributed by atoms with Gasteiger partial charge >= 0.3 is 5.97 Å². The quantitative estimate of drug-likeness (QED) is 0.858. The Morgan fingerprint density at radius 3 is 2.67 bits per heavy atom. The second-order valence-corrected chi connectivity index (χ2v) is 5.52. The Balaban J connectivity index is 2.21. The summed E-state index contributed by atoms with van der Waals surface area (Å²) in [6, 6.07) is 0. The van der Waals surface area contributed by atoms with Crippen molar-refractivity contribution in [3.8, 4) is 0 Å².